The van der Waals surface area contributed by atoms with Crippen molar-refractivity contribution >= 4 is 17.5 Å². The van der Waals surface area contributed by atoms with Crippen molar-refractivity contribution in [1.29, 1.82) is 0 Å². The fourth-order valence-corrected chi connectivity index (χ4v) is 0.709. The van der Waals surface area contributed by atoms with E-state index in [2.05, 4.69) is 4.99 Å². The number of rotatable bonds is 2. The van der Waals surface area contributed by atoms with Crippen molar-refractivity contribution in [3.63, 3.8) is 0 Å². The van der Waals surface area contributed by atoms with Crippen LogP contribution in [0.4, 0.5) is 0 Å². The molecule has 0 bridgehead atoms. The van der Waals surface area contributed by atoms with Gasteiger partial charge in [-0.3, -0.25) is 9.79 Å². The van der Waals surface area contributed by atoms with E-state index in [1.165, 1.54) is 6.92 Å². The highest BCUT2D eigenvalue weighted by Gasteiger charge is 2.17. The zero-order chi connectivity index (χ0) is 9.94. The molecule has 0 atom stereocenters. The van der Waals surface area contributed by atoms with Crippen molar-refractivity contribution in [2.45, 2.75) is 33.2 Å². The smallest absolute Gasteiger partial charge is 0.378 e. The lowest BCUT2D eigenvalue weighted by atomic mass is 10.1. The van der Waals surface area contributed by atoms with Crippen LogP contribution < -0.4 is 0 Å². The number of aliphatic carboxylic acids is 1. The summed E-state index contributed by atoms with van der Waals surface area (Å²) in [6, 6.07) is 0. The number of carboxylic acids is 1. The van der Waals surface area contributed by atoms with Gasteiger partial charge < -0.3 is 5.11 Å². The van der Waals surface area contributed by atoms with Gasteiger partial charge in [-0.2, -0.15) is 0 Å². The number of hydrogen-bond donors (Lipinski definition) is 1. The predicted molar refractivity (Wildman–Crippen MR) is 45.5 cm³/mol. The average Bonchev–Trinajstić information content (AvgIpc) is 1.82. The second kappa shape index (κ2) is 3.47. The van der Waals surface area contributed by atoms with Gasteiger partial charge in [0.15, 0.2) is 0 Å². The second-order valence-corrected chi connectivity index (χ2v) is 3.50. The van der Waals surface area contributed by atoms with Crippen molar-refractivity contribution in [1.82, 2.24) is 0 Å². The van der Waals surface area contributed by atoms with Gasteiger partial charge in [-0.05, 0) is 27.7 Å². The standard InChI is InChI=1S/C8H13NO3/c1-5(6(10)7(11)12)9-8(2,3)4/h1-4H3,(H,11,12)/b9-5+. The van der Waals surface area contributed by atoms with Crippen LogP contribution in [0.1, 0.15) is 27.7 Å². The van der Waals surface area contributed by atoms with Gasteiger partial charge in [-0.1, -0.05) is 0 Å². The Labute approximate surface area is 71.3 Å². The van der Waals surface area contributed by atoms with Crippen molar-refractivity contribution in [3.05, 3.63) is 0 Å². The van der Waals surface area contributed by atoms with E-state index in [1.54, 1.807) is 20.8 Å². The number of aliphatic imine (C=N–C) groups is 1. The molecule has 0 aliphatic carbocycles. The summed E-state index contributed by atoms with van der Waals surface area (Å²) in [5, 5.41) is 8.32. The van der Waals surface area contributed by atoms with Gasteiger partial charge >= 0.3 is 5.97 Å². The second-order valence-electron chi connectivity index (χ2n) is 3.50. The van der Waals surface area contributed by atoms with E-state index in [-0.39, 0.29) is 5.71 Å². The molecule has 0 fully saturated rings. The van der Waals surface area contributed by atoms with Crippen molar-refractivity contribution in [2.24, 2.45) is 4.99 Å². The first kappa shape index (κ1) is 10.8. The fourth-order valence-electron chi connectivity index (χ4n) is 0.709. The predicted octanol–water partition coefficient (Wildman–Crippen LogP) is 0.899. The Hall–Kier alpha value is -1.19. The molecule has 0 aliphatic heterocycles. The zero-order valence-electron chi connectivity index (χ0n) is 7.71. The molecule has 0 heterocycles. The zero-order valence-corrected chi connectivity index (χ0v) is 7.71. The van der Waals surface area contributed by atoms with Crippen LogP contribution in [-0.4, -0.2) is 28.1 Å². The van der Waals surface area contributed by atoms with Crippen LogP contribution >= 0.6 is 0 Å². The quantitative estimate of drug-likeness (QED) is 0.495. The van der Waals surface area contributed by atoms with Crippen LogP contribution in [0, 0.1) is 0 Å². The molecule has 1 N–H and O–H groups in total. The van der Waals surface area contributed by atoms with Gasteiger partial charge in [0.25, 0.3) is 5.78 Å². The molecule has 0 saturated heterocycles. The van der Waals surface area contributed by atoms with E-state index < -0.39 is 17.3 Å². The summed E-state index contributed by atoms with van der Waals surface area (Å²) in [5.41, 5.74) is -0.371. The summed E-state index contributed by atoms with van der Waals surface area (Å²) in [6.07, 6.45) is 0. The summed E-state index contributed by atoms with van der Waals surface area (Å²) >= 11 is 0. The molecule has 0 spiro atoms. The molecule has 68 valence electrons. The average molecular weight is 171 g/mol. The van der Waals surface area contributed by atoms with Crippen LogP contribution in [0.2, 0.25) is 0 Å². The Balaban J connectivity index is 4.61. The SMILES string of the molecule is C/C(=N\C(C)(C)C)C(=O)C(=O)O. The third-order valence-corrected chi connectivity index (χ3v) is 1.03. The van der Waals surface area contributed by atoms with Crippen LogP contribution in [0.5, 0.6) is 0 Å². The lowest BCUT2D eigenvalue weighted by Gasteiger charge is -2.12. The third-order valence-electron chi connectivity index (χ3n) is 1.03. The number of nitrogens with zero attached hydrogens (tertiary/aromatic N) is 1. The van der Waals surface area contributed by atoms with Gasteiger partial charge in [0, 0.05) is 0 Å². The highest BCUT2D eigenvalue weighted by Crippen LogP contribution is 2.06. The highest BCUT2D eigenvalue weighted by atomic mass is 16.4. The first-order valence-electron chi connectivity index (χ1n) is 3.58. The topological polar surface area (TPSA) is 66.7 Å². The van der Waals surface area contributed by atoms with Crippen molar-refractivity contribution < 1.29 is 14.7 Å². The van der Waals surface area contributed by atoms with Gasteiger partial charge in [0.2, 0.25) is 0 Å². The molecular formula is C8H13NO3. The molecule has 0 amide bonds. The first-order valence-corrected chi connectivity index (χ1v) is 3.58. The minimum absolute atomic E-state index is 0.0370. The Morgan fingerprint density at radius 1 is 1.25 bits per heavy atom. The largest absolute Gasteiger partial charge is 0.475 e. The van der Waals surface area contributed by atoms with Gasteiger partial charge in [0.1, 0.15) is 0 Å². The van der Waals surface area contributed by atoms with Crippen LogP contribution in [0.15, 0.2) is 4.99 Å². The monoisotopic (exact) mass is 171 g/mol. The first-order chi connectivity index (χ1) is 5.24. The van der Waals surface area contributed by atoms with Crippen LogP contribution in [0.25, 0.3) is 0 Å². The maximum Gasteiger partial charge on any atom is 0.378 e. The molecule has 0 aromatic rings. The summed E-state index contributed by atoms with van der Waals surface area (Å²) < 4.78 is 0. The highest BCUT2D eigenvalue weighted by molar-refractivity contribution is 6.62. The number of carboxylic acid groups (broad SMARTS) is 1. The van der Waals surface area contributed by atoms with Crippen LogP contribution in [-0.2, 0) is 9.59 Å². The Morgan fingerprint density at radius 3 is 1.92 bits per heavy atom. The van der Waals surface area contributed by atoms with E-state index in [1.807, 2.05) is 0 Å². The number of ketones is 1. The lowest BCUT2D eigenvalue weighted by molar-refractivity contribution is -0.145. The number of carbonyl (C=O) groups excluding carboxylic acids is 1. The summed E-state index contributed by atoms with van der Waals surface area (Å²) in [4.78, 5) is 24.9. The number of hydrogen-bond acceptors (Lipinski definition) is 3. The van der Waals surface area contributed by atoms with Gasteiger partial charge in [0.05, 0.1) is 11.3 Å². The van der Waals surface area contributed by atoms with Gasteiger partial charge in [-0.15, -0.1) is 0 Å². The van der Waals surface area contributed by atoms with E-state index in [9.17, 15) is 9.59 Å². The Morgan fingerprint density at radius 2 is 1.67 bits per heavy atom. The maximum absolute atomic E-state index is 10.8. The minimum Gasteiger partial charge on any atom is -0.475 e. The molecule has 4 heteroatoms. The van der Waals surface area contributed by atoms with E-state index >= 15 is 0 Å². The minimum atomic E-state index is -1.46. The molecule has 4 nitrogen and oxygen atoms in total. The fraction of sp³-hybridized carbons (Fsp3) is 0.625. The van der Waals surface area contributed by atoms with E-state index in [0.717, 1.165) is 0 Å². The van der Waals surface area contributed by atoms with Crippen LogP contribution in [0.3, 0.4) is 0 Å². The summed E-state index contributed by atoms with van der Waals surface area (Å²) in [6.45, 7) is 6.80. The third kappa shape index (κ3) is 3.85. The van der Waals surface area contributed by atoms with Crippen molar-refractivity contribution in [2.75, 3.05) is 0 Å². The number of Topliss-reactive ketones (excluding diaryl/α,β-unsaturated/α-hetero) is 1. The molecule has 0 unspecified atom stereocenters. The molecule has 0 saturated carbocycles. The molecule has 0 rings (SSSR count). The van der Waals surface area contributed by atoms with E-state index in [0.29, 0.717) is 0 Å². The molecule has 12 heavy (non-hydrogen) atoms. The summed E-state index contributed by atoms with van der Waals surface area (Å²) in [5.74, 6) is -2.40. The van der Waals surface area contributed by atoms with Crippen molar-refractivity contribution in [3.8, 4) is 0 Å². The summed E-state index contributed by atoms with van der Waals surface area (Å²) in [7, 11) is 0. The number of carbonyl (C=O) groups is 2. The Bertz CT molecular complexity index is 235. The molecule has 0 aromatic heterocycles. The van der Waals surface area contributed by atoms with Gasteiger partial charge in [-0.25, -0.2) is 4.79 Å². The van der Waals surface area contributed by atoms with E-state index in [4.69, 9.17) is 5.11 Å². The molecule has 0 radical (unpaired) electrons. The molecule has 0 aromatic carbocycles. The molecular weight excluding hydrogens is 158 g/mol. The maximum atomic E-state index is 10.8. The Kier molecular flexibility index (Phi) is 3.13. The normalized spacial score (nSPS) is 12.8. The lowest BCUT2D eigenvalue weighted by Crippen LogP contribution is -2.24. The molecule has 0 aliphatic rings.